The molecule has 0 saturated heterocycles. The summed E-state index contributed by atoms with van der Waals surface area (Å²) in [6, 6.07) is 43.4. The second-order valence-corrected chi connectivity index (χ2v) is 11.6. The first kappa shape index (κ1) is 30.4. The predicted molar refractivity (Wildman–Crippen MR) is 173 cm³/mol. The molecule has 5 aromatic rings. The molecule has 0 unspecified atom stereocenters. The van der Waals surface area contributed by atoms with Gasteiger partial charge in [0.1, 0.15) is 12.2 Å². The van der Waals surface area contributed by atoms with Gasteiger partial charge in [0.05, 0.1) is 17.7 Å². The van der Waals surface area contributed by atoms with Crippen LogP contribution in [0.5, 0.6) is 0 Å². The summed E-state index contributed by atoms with van der Waals surface area (Å²) in [6.45, 7) is -0.264. The maximum absolute atomic E-state index is 13.2. The zero-order valence-corrected chi connectivity index (χ0v) is 26.2. The van der Waals surface area contributed by atoms with E-state index in [0.717, 1.165) is 25.6 Å². The fourth-order valence-corrected chi connectivity index (χ4v) is 5.27. The van der Waals surface area contributed by atoms with Gasteiger partial charge in [0, 0.05) is 8.95 Å². The molecule has 1 atom stereocenters. The van der Waals surface area contributed by atoms with Gasteiger partial charge in [-0.15, -0.1) is 0 Å². The molecule has 5 rings (SSSR count). The molecule has 0 aliphatic heterocycles. The van der Waals surface area contributed by atoms with Crippen LogP contribution in [0.1, 0.15) is 37.4 Å². The number of carbonyl (C=O) groups excluding carboxylic acids is 2. The van der Waals surface area contributed by atoms with E-state index in [1.807, 2.05) is 91.0 Å². The molecule has 5 aromatic carbocycles. The van der Waals surface area contributed by atoms with E-state index in [1.165, 1.54) is 0 Å². The van der Waals surface area contributed by atoms with Gasteiger partial charge in [0.15, 0.2) is 6.10 Å². The maximum atomic E-state index is 13.2. The molecule has 0 spiro atoms. The molecule has 0 amide bonds. The maximum Gasteiger partial charge on any atom is 0.338 e. The third-order valence-electron chi connectivity index (χ3n) is 6.86. The Kier molecular flexibility index (Phi) is 10.2. The first-order valence-corrected chi connectivity index (χ1v) is 15.2. The number of ether oxygens (including phenoxy) is 3. The van der Waals surface area contributed by atoms with Crippen LogP contribution < -0.4 is 0 Å². The minimum Gasteiger partial charge on any atom is -0.458 e. The van der Waals surface area contributed by atoms with Crippen molar-refractivity contribution in [2.24, 2.45) is 0 Å². The summed E-state index contributed by atoms with van der Waals surface area (Å²) in [5, 5.41) is 0. The third-order valence-corrected chi connectivity index (χ3v) is 7.92. The zero-order chi connectivity index (χ0) is 30.1. The van der Waals surface area contributed by atoms with Crippen LogP contribution in [-0.2, 0) is 19.8 Å². The van der Waals surface area contributed by atoms with Crippen molar-refractivity contribution in [2.45, 2.75) is 11.7 Å². The van der Waals surface area contributed by atoms with Crippen molar-refractivity contribution in [3.63, 3.8) is 0 Å². The number of hydrogen-bond acceptors (Lipinski definition) is 5. The molecule has 0 bridgehead atoms. The topological polar surface area (TPSA) is 61.8 Å². The largest absolute Gasteiger partial charge is 0.458 e. The van der Waals surface area contributed by atoms with Crippen molar-refractivity contribution in [1.82, 2.24) is 0 Å². The Hall–Kier alpha value is -4.04. The van der Waals surface area contributed by atoms with Crippen molar-refractivity contribution >= 4 is 43.8 Å². The van der Waals surface area contributed by atoms with E-state index in [2.05, 4.69) is 31.9 Å². The quantitative estimate of drug-likeness (QED) is 0.102. The number of hydrogen-bond donors (Lipinski definition) is 0. The summed E-state index contributed by atoms with van der Waals surface area (Å²) in [5.74, 6) is -1.08. The Morgan fingerprint density at radius 3 is 1.35 bits per heavy atom. The Bertz CT molecular complexity index is 1530. The van der Waals surface area contributed by atoms with E-state index < -0.39 is 23.6 Å². The molecule has 216 valence electrons. The summed E-state index contributed by atoms with van der Waals surface area (Å²) in [4.78, 5) is 26.1. The van der Waals surface area contributed by atoms with Crippen molar-refractivity contribution in [3.05, 3.63) is 176 Å². The van der Waals surface area contributed by atoms with E-state index in [0.29, 0.717) is 11.1 Å². The van der Waals surface area contributed by atoms with Crippen LogP contribution >= 0.6 is 31.9 Å². The molecule has 43 heavy (non-hydrogen) atoms. The van der Waals surface area contributed by atoms with E-state index in [4.69, 9.17) is 14.2 Å². The lowest BCUT2D eigenvalue weighted by Gasteiger charge is -2.37. The van der Waals surface area contributed by atoms with Gasteiger partial charge in [0.25, 0.3) is 0 Å². The Morgan fingerprint density at radius 2 is 0.930 bits per heavy atom. The average Bonchev–Trinajstić information content (AvgIpc) is 3.05. The highest BCUT2D eigenvalue weighted by atomic mass is 79.9. The minimum absolute atomic E-state index is 0.0609. The van der Waals surface area contributed by atoms with Crippen molar-refractivity contribution in [1.29, 1.82) is 0 Å². The van der Waals surface area contributed by atoms with Crippen LogP contribution in [-0.4, -0.2) is 31.3 Å². The first-order valence-electron chi connectivity index (χ1n) is 13.7. The van der Waals surface area contributed by atoms with Crippen molar-refractivity contribution in [3.8, 4) is 0 Å². The molecular formula is C36H28Br2O5. The molecule has 0 fully saturated rings. The average molecular weight is 700 g/mol. The zero-order valence-electron chi connectivity index (χ0n) is 23.1. The van der Waals surface area contributed by atoms with E-state index >= 15 is 0 Å². The molecular weight excluding hydrogens is 672 g/mol. The van der Waals surface area contributed by atoms with E-state index in [1.54, 1.807) is 48.5 Å². The smallest absolute Gasteiger partial charge is 0.338 e. The molecule has 7 heteroatoms. The van der Waals surface area contributed by atoms with Gasteiger partial charge in [-0.1, -0.05) is 123 Å². The minimum atomic E-state index is -1.04. The number of rotatable bonds is 11. The van der Waals surface area contributed by atoms with Crippen molar-refractivity contribution in [2.75, 3.05) is 13.2 Å². The Labute approximate surface area is 267 Å². The van der Waals surface area contributed by atoms with Crippen LogP contribution in [0.3, 0.4) is 0 Å². The normalized spacial score (nSPS) is 11.9. The lowest BCUT2D eigenvalue weighted by atomic mass is 9.80. The highest BCUT2D eigenvalue weighted by molar-refractivity contribution is 9.10. The molecule has 5 nitrogen and oxygen atoms in total. The summed E-state index contributed by atoms with van der Waals surface area (Å²) in [5.41, 5.74) is 2.41. The summed E-state index contributed by atoms with van der Waals surface area (Å²) >= 11 is 6.77. The monoisotopic (exact) mass is 698 g/mol. The summed E-state index contributed by atoms with van der Waals surface area (Å²) < 4.78 is 20.1. The molecule has 0 radical (unpaired) electrons. The fourth-order valence-electron chi connectivity index (χ4n) is 4.75. The van der Waals surface area contributed by atoms with Gasteiger partial charge in [0.2, 0.25) is 0 Å². The molecule has 0 heterocycles. The SMILES string of the molecule is O=C(OC[C@H](COC(c1ccccc1)(c1ccccc1)c1ccccc1)OC(=O)c1ccc(Br)cc1)c1ccc(Br)cc1. The molecule has 0 aliphatic rings. The lowest BCUT2D eigenvalue weighted by molar-refractivity contribution is -0.0668. The number of carbonyl (C=O) groups is 2. The molecule has 0 saturated carbocycles. The van der Waals surface area contributed by atoms with Crippen LogP contribution in [0.4, 0.5) is 0 Å². The standard InChI is InChI=1S/C36H28Br2O5/c37-31-20-16-26(17-21-31)34(39)41-24-33(43-35(40)27-18-22-32(38)23-19-27)25-42-36(28-10-4-1-5-11-28,29-12-6-2-7-13-29)30-14-8-3-9-15-30/h1-23,33H,24-25H2/t33-/m1/s1. The number of halogens is 2. The van der Waals surface area contributed by atoms with Crippen LogP contribution in [0, 0.1) is 0 Å². The van der Waals surface area contributed by atoms with Gasteiger partial charge in [-0.2, -0.15) is 0 Å². The number of esters is 2. The van der Waals surface area contributed by atoms with E-state index in [-0.39, 0.29) is 13.2 Å². The summed E-state index contributed by atoms with van der Waals surface area (Å²) in [7, 11) is 0. The lowest BCUT2D eigenvalue weighted by Crippen LogP contribution is -2.38. The van der Waals surface area contributed by atoms with Crippen LogP contribution in [0.25, 0.3) is 0 Å². The van der Waals surface area contributed by atoms with Gasteiger partial charge >= 0.3 is 11.9 Å². The highest BCUT2D eigenvalue weighted by Gasteiger charge is 2.38. The highest BCUT2D eigenvalue weighted by Crippen LogP contribution is 2.40. The van der Waals surface area contributed by atoms with Crippen LogP contribution in [0.15, 0.2) is 148 Å². The van der Waals surface area contributed by atoms with Crippen molar-refractivity contribution < 1.29 is 23.8 Å². The fraction of sp³-hybridized carbons (Fsp3) is 0.111. The first-order chi connectivity index (χ1) is 21.0. The van der Waals surface area contributed by atoms with Gasteiger partial charge in [-0.3, -0.25) is 0 Å². The molecule has 0 aliphatic carbocycles. The third kappa shape index (κ3) is 7.49. The van der Waals surface area contributed by atoms with Gasteiger partial charge < -0.3 is 14.2 Å². The second kappa shape index (κ2) is 14.4. The van der Waals surface area contributed by atoms with Crippen LogP contribution in [0.2, 0.25) is 0 Å². The van der Waals surface area contributed by atoms with Gasteiger partial charge in [-0.25, -0.2) is 9.59 Å². The molecule has 0 N–H and O–H groups in total. The Morgan fingerprint density at radius 1 is 0.535 bits per heavy atom. The van der Waals surface area contributed by atoms with E-state index in [9.17, 15) is 9.59 Å². The van der Waals surface area contributed by atoms with Gasteiger partial charge in [-0.05, 0) is 65.2 Å². The molecule has 0 aromatic heterocycles. The second-order valence-electron chi connectivity index (χ2n) is 9.73. The summed E-state index contributed by atoms with van der Waals surface area (Å²) in [6.07, 6.45) is -0.911. The predicted octanol–water partition coefficient (Wildman–Crippen LogP) is 8.60. The Balaban J connectivity index is 1.48. The number of benzene rings is 5.